The number of urea groups is 1. The third kappa shape index (κ3) is 4.80. The number of carbonyl (C=O) groups excluding carboxylic acids is 2. The molecule has 0 spiro atoms. The maximum Gasteiger partial charge on any atom is 0.321 e. The highest BCUT2D eigenvalue weighted by Crippen LogP contribution is 2.31. The summed E-state index contributed by atoms with van der Waals surface area (Å²) in [5.41, 5.74) is 2.83. The van der Waals surface area contributed by atoms with Crippen LogP contribution in [0.25, 0.3) is 17.1 Å². The van der Waals surface area contributed by atoms with Gasteiger partial charge in [-0.05, 0) is 44.5 Å². The average molecular weight is 411 g/mol. The van der Waals surface area contributed by atoms with Crippen molar-refractivity contribution in [2.45, 2.75) is 31.2 Å². The number of rotatable bonds is 6. The van der Waals surface area contributed by atoms with Gasteiger partial charge in [0, 0.05) is 24.5 Å². The van der Waals surface area contributed by atoms with E-state index in [0.29, 0.717) is 17.5 Å². The molecule has 29 heavy (non-hydrogen) atoms. The van der Waals surface area contributed by atoms with Gasteiger partial charge in [0.1, 0.15) is 0 Å². The van der Waals surface area contributed by atoms with Crippen LogP contribution in [0.1, 0.15) is 19.4 Å². The van der Waals surface area contributed by atoms with Crippen LogP contribution >= 0.6 is 11.8 Å². The molecule has 0 unspecified atom stereocenters. The van der Waals surface area contributed by atoms with Crippen molar-refractivity contribution in [3.8, 4) is 17.1 Å². The minimum absolute atomic E-state index is 0.397. The van der Waals surface area contributed by atoms with Crippen LogP contribution < -0.4 is 10.6 Å². The van der Waals surface area contributed by atoms with Gasteiger partial charge in [-0.25, -0.2) is 4.79 Å². The van der Waals surface area contributed by atoms with E-state index in [1.54, 1.807) is 26.2 Å². The van der Waals surface area contributed by atoms with Gasteiger partial charge in [-0.15, -0.1) is 10.2 Å². The largest absolute Gasteiger partial charge is 0.338 e. The average Bonchev–Trinajstić information content (AvgIpc) is 3.12. The first kappa shape index (κ1) is 20.5. The van der Waals surface area contributed by atoms with E-state index in [1.165, 1.54) is 11.8 Å². The third-order valence-corrected chi connectivity index (χ3v) is 5.20. The molecule has 2 aromatic heterocycles. The maximum absolute atomic E-state index is 12.4. The molecule has 1 aromatic carbocycles. The summed E-state index contributed by atoms with van der Waals surface area (Å²) in [6.07, 6.45) is 3.39. The van der Waals surface area contributed by atoms with E-state index >= 15 is 0 Å². The number of nitrogens with one attached hydrogen (secondary N) is 2. The van der Waals surface area contributed by atoms with Crippen molar-refractivity contribution in [2.75, 3.05) is 6.54 Å². The van der Waals surface area contributed by atoms with Crippen LogP contribution in [0.4, 0.5) is 4.79 Å². The van der Waals surface area contributed by atoms with Crippen molar-refractivity contribution >= 4 is 23.7 Å². The van der Waals surface area contributed by atoms with Gasteiger partial charge in [0.05, 0.1) is 10.9 Å². The van der Waals surface area contributed by atoms with Crippen LogP contribution in [-0.2, 0) is 4.79 Å². The maximum atomic E-state index is 12.4. The number of hydrogen-bond acceptors (Lipinski definition) is 6. The first-order valence-electron chi connectivity index (χ1n) is 9.18. The summed E-state index contributed by atoms with van der Waals surface area (Å²) in [6, 6.07) is 11.1. The fourth-order valence-electron chi connectivity index (χ4n) is 2.70. The Morgan fingerprint density at radius 2 is 1.86 bits per heavy atom. The minimum atomic E-state index is -0.546. The molecule has 2 heterocycles. The van der Waals surface area contributed by atoms with Gasteiger partial charge in [-0.2, -0.15) is 0 Å². The second kappa shape index (κ2) is 9.33. The number of thioether (sulfide) groups is 1. The minimum Gasteiger partial charge on any atom is -0.338 e. The number of benzene rings is 1. The van der Waals surface area contributed by atoms with Gasteiger partial charge >= 0.3 is 6.03 Å². The summed E-state index contributed by atoms with van der Waals surface area (Å²) in [4.78, 5) is 28.1. The third-order valence-electron chi connectivity index (χ3n) is 4.15. The van der Waals surface area contributed by atoms with Crippen molar-refractivity contribution in [3.05, 3.63) is 54.4 Å². The molecule has 0 aliphatic rings. The molecule has 3 rings (SSSR count). The fourth-order valence-corrected chi connectivity index (χ4v) is 3.56. The van der Waals surface area contributed by atoms with E-state index in [4.69, 9.17) is 0 Å². The van der Waals surface area contributed by atoms with Crippen molar-refractivity contribution in [2.24, 2.45) is 0 Å². The molecular formula is C20H22N6O2S. The molecule has 3 aromatic rings. The smallest absolute Gasteiger partial charge is 0.321 e. The Balaban J connectivity index is 1.95. The molecule has 1 atom stereocenters. The molecule has 0 radical (unpaired) electrons. The Morgan fingerprint density at radius 3 is 2.55 bits per heavy atom. The number of para-hydroxylation sites is 1. The van der Waals surface area contributed by atoms with Crippen molar-refractivity contribution in [3.63, 3.8) is 0 Å². The lowest BCUT2D eigenvalue weighted by atomic mass is 10.2. The SMILES string of the molecule is CCNC(=O)NC(=O)[C@@H](C)Sc1nnc(-c2ccncc2)n1-c1ccccc1C. The molecule has 150 valence electrons. The Morgan fingerprint density at radius 1 is 1.14 bits per heavy atom. The molecule has 0 aliphatic carbocycles. The summed E-state index contributed by atoms with van der Waals surface area (Å²) in [6.45, 7) is 5.96. The van der Waals surface area contributed by atoms with E-state index in [-0.39, 0.29) is 0 Å². The molecule has 0 saturated carbocycles. The van der Waals surface area contributed by atoms with E-state index in [2.05, 4.69) is 25.8 Å². The molecule has 0 bridgehead atoms. The Labute approximate surface area is 173 Å². The highest BCUT2D eigenvalue weighted by atomic mass is 32.2. The molecule has 0 aliphatic heterocycles. The van der Waals surface area contributed by atoms with Gasteiger partial charge in [0.15, 0.2) is 11.0 Å². The topological polar surface area (TPSA) is 102 Å². The summed E-state index contributed by atoms with van der Waals surface area (Å²) in [5.74, 6) is 0.256. The van der Waals surface area contributed by atoms with Gasteiger partial charge in [-0.1, -0.05) is 30.0 Å². The Kier molecular flexibility index (Phi) is 6.61. The van der Waals surface area contributed by atoms with Gasteiger partial charge in [0.2, 0.25) is 5.91 Å². The van der Waals surface area contributed by atoms with Crippen LogP contribution in [0.3, 0.4) is 0 Å². The molecular weight excluding hydrogens is 388 g/mol. The zero-order valence-electron chi connectivity index (χ0n) is 16.4. The van der Waals surface area contributed by atoms with Crippen molar-refractivity contribution in [1.29, 1.82) is 0 Å². The quantitative estimate of drug-likeness (QED) is 0.606. The van der Waals surface area contributed by atoms with Gasteiger partial charge in [0.25, 0.3) is 0 Å². The van der Waals surface area contributed by atoms with Crippen molar-refractivity contribution in [1.82, 2.24) is 30.4 Å². The summed E-state index contributed by atoms with van der Waals surface area (Å²) in [7, 11) is 0. The Bertz CT molecular complexity index is 1010. The fraction of sp³-hybridized carbons (Fsp3) is 0.250. The molecule has 0 saturated heterocycles. The number of amides is 3. The second-order valence-corrected chi connectivity index (χ2v) is 7.58. The summed E-state index contributed by atoms with van der Waals surface area (Å²) < 4.78 is 1.92. The van der Waals surface area contributed by atoms with Crippen LogP contribution in [0.5, 0.6) is 0 Å². The number of pyridine rings is 1. The van der Waals surface area contributed by atoms with E-state index in [0.717, 1.165) is 16.8 Å². The van der Waals surface area contributed by atoms with Crippen LogP contribution in [0.2, 0.25) is 0 Å². The predicted molar refractivity (Wildman–Crippen MR) is 112 cm³/mol. The first-order valence-corrected chi connectivity index (χ1v) is 10.1. The zero-order valence-corrected chi connectivity index (χ0v) is 17.2. The zero-order chi connectivity index (χ0) is 20.8. The van der Waals surface area contributed by atoms with E-state index in [9.17, 15) is 9.59 Å². The second-order valence-electron chi connectivity index (χ2n) is 6.27. The number of nitrogens with zero attached hydrogens (tertiary/aromatic N) is 4. The van der Waals surface area contributed by atoms with Crippen LogP contribution in [0, 0.1) is 6.92 Å². The summed E-state index contributed by atoms with van der Waals surface area (Å²) >= 11 is 1.24. The lowest BCUT2D eigenvalue weighted by molar-refractivity contribution is -0.119. The lowest BCUT2D eigenvalue weighted by Gasteiger charge is -2.15. The predicted octanol–water partition coefficient (Wildman–Crippen LogP) is 2.96. The first-order chi connectivity index (χ1) is 14.0. The molecule has 2 N–H and O–H groups in total. The molecule has 9 heteroatoms. The van der Waals surface area contributed by atoms with Gasteiger partial charge < -0.3 is 5.32 Å². The van der Waals surface area contributed by atoms with Crippen LogP contribution in [0.15, 0.2) is 53.9 Å². The van der Waals surface area contributed by atoms with E-state index in [1.807, 2.05) is 47.9 Å². The molecule has 3 amide bonds. The monoisotopic (exact) mass is 410 g/mol. The highest BCUT2D eigenvalue weighted by molar-refractivity contribution is 8.00. The van der Waals surface area contributed by atoms with E-state index < -0.39 is 17.2 Å². The van der Waals surface area contributed by atoms with Crippen molar-refractivity contribution < 1.29 is 9.59 Å². The number of imide groups is 1. The molecule has 8 nitrogen and oxygen atoms in total. The number of aryl methyl sites for hydroxylation is 1. The van der Waals surface area contributed by atoms with Crippen LogP contribution in [-0.4, -0.2) is 43.5 Å². The molecule has 0 fully saturated rings. The standard InChI is InChI=1S/C20H22N6O2S/c1-4-22-19(28)23-18(27)14(3)29-20-25-24-17(15-9-11-21-12-10-15)26(20)16-8-6-5-7-13(16)2/h5-12,14H,4H2,1-3H3,(H2,22,23,27,28)/t14-/m1/s1. The highest BCUT2D eigenvalue weighted by Gasteiger charge is 2.23. The lowest BCUT2D eigenvalue weighted by Crippen LogP contribution is -2.42. The Hall–Kier alpha value is -3.20. The van der Waals surface area contributed by atoms with Gasteiger partial charge in [-0.3, -0.25) is 19.7 Å². The normalized spacial score (nSPS) is 11.7. The number of aromatic nitrogens is 4. The number of hydrogen-bond donors (Lipinski definition) is 2. The summed E-state index contributed by atoms with van der Waals surface area (Å²) in [5, 5.41) is 13.6. The number of carbonyl (C=O) groups is 2.